The number of nitrogens with two attached hydrogens (primary N) is 1. The molecule has 0 aromatic heterocycles. The first-order valence-corrected chi connectivity index (χ1v) is 10.9. The van der Waals surface area contributed by atoms with Crippen molar-refractivity contribution in [2.45, 2.75) is 58.3 Å². The molecule has 0 spiro atoms. The van der Waals surface area contributed by atoms with Crippen molar-refractivity contribution in [3.05, 3.63) is 64.7 Å². The normalized spacial score (nSPS) is 18.1. The maximum absolute atomic E-state index is 13.2. The average molecular weight is 453 g/mol. The molecule has 0 bridgehead atoms. The lowest BCUT2D eigenvalue weighted by Crippen LogP contribution is -2.59. The van der Waals surface area contributed by atoms with E-state index >= 15 is 0 Å². The molecule has 8 nitrogen and oxygen atoms in total. The van der Waals surface area contributed by atoms with E-state index in [1.165, 1.54) is 18.2 Å². The van der Waals surface area contributed by atoms with Crippen LogP contribution in [0.5, 0.6) is 0 Å². The fourth-order valence-electron chi connectivity index (χ4n) is 3.90. The van der Waals surface area contributed by atoms with Gasteiger partial charge in [0.1, 0.15) is 6.10 Å². The van der Waals surface area contributed by atoms with Crippen LogP contribution in [-0.4, -0.2) is 29.4 Å². The van der Waals surface area contributed by atoms with E-state index < -0.39 is 35.5 Å². The number of ether oxygens (including phenoxy) is 2. The number of benzene rings is 2. The van der Waals surface area contributed by atoms with Crippen molar-refractivity contribution < 1.29 is 28.7 Å². The molecule has 33 heavy (non-hydrogen) atoms. The highest BCUT2D eigenvalue weighted by molar-refractivity contribution is 6.34. The van der Waals surface area contributed by atoms with Crippen molar-refractivity contribution in [3.63, 3.8) is 0 Å². The van der Waals surface area contributed by atoms with Crippen LogP contribution in [0, 0.1) is 0 Å². The summed E-state index contributed by atoms with van der Waals surface area (Å²) in [5, 5.41) is 2.21. The van der Waals surface area contributed by atoms with Gasteiger partial charge in [-0.25, -0.2) is 4.79 Å². The van der Waals surface area contributed by atoms with Crippen LogP contribution in [0.2, 0.25) is 0 Å². The van der Waals surface area contributed by atoms with E-state index in [0.29, 0.717) is 12.8 Å². The zero-order valence-corrected chi connectivity index (χ0v) is 19.1. The number of amides is 1. The van der Waals surface area contributed by atoms with Gasteiger partial charge in [0.15, 0.2) is 0 Å². The van der Waals surface area contributed by atoms with Crippen molar-refractivity contribution in [1.82, 2.24) is 5.32 Å². The van der Waals surface area contributed by atoms with E-state index in [1.54, 1.807) is 0 Å². The van der Waals surface area contributed by atoms with Crippen LogP contribution in [0.15, 0.2) is 42.5 Å². The molecular weight excluding hydrogens is 424 g/mol. The van der Waals surface area contributed by atoms with Crippen molar-refractivity contribution in [2.24, 2.45) is 0 Å². The van der Waals surface area contributed by atoms with Gasteiger partial charge in [-0.2, -0.15) is 0 Å². The van der Waals surface area contributed by atoms with Crippen LogP contribution in [-0.2, 0) is 14.3 Å². The lowest BCUT2D eigenvalue weighted by Gasteiger charge is -2.27. The molecule has 3 N–H and O–H groups in total. The van der Waals surface area contributed by atoms with Gasteiger partial charge in [-0.15, -0.1) is 0 Å². The largest absolute Gasteiger partial charge is 0.511 e. The number of Topliss-reactive ketones (excluding diaryl/α,β-unsaturated/α-hetero) is 2. The van der Waals surface area contributed by atoms with E-state index in [1.807, 2.05) is 31.2 Å². The summed E-state index contributed by atoms with van der Waals surface area (Å²) in [4.78, 5) is 51.0. The second-order valence-corrected chi connectivity index (χ2v) is 8.36. The number of nitrogens with one attached hydrogen (secondary N) is 1. The molecule has 0 aliphatic heterocycles. The lowest BCUT2D eigenvalue weighted by atomic mass is 9.97. The van der Waals surface area contributed by atoms with Gasteiger partial charge in [0.25, 0.3) is 0 Å². The summed E-state index contributed by atoms with van der Waals surface area (Å²) < 4.78 is 10.9. The number of hydrogen-bond acceptors (Lipinski definition) is 7. The van der Waals surface area contributed by atoms with Crippen LogP contribution < -0.4 is 11.1 Å². The summed E-state index contributed by atoms with van der Waals surface area (Å²) in [6, 6.07) is 12.0. The molecule has 2 unspecified atom stereocenters. The Labute approximate surface area is 192 Å². The monoisotopic (exact) mass is 452 g/mol. The van der Waals surface area contributed by atoms with Crippen molar-refractivity contribution >= 4 is 29.3 Å². The summed E-state index contributed by atoms with van der Waals surface area (Å²) in [7, 11) is 0. The minimum Gasteiger partial charge on any atom is -0.426 e. The molecule has 8 heteroatoms. The summed E-state index contributed by atoms with van der Waals surface area (Å²) in [6.07, 6.45) is -0.695. The Morgan fingerprint density at radius 3 is 2.33 bits per heavy atom. The molecule has 0 radical (unpaired) electrons. The molecule has 1 amide bonds. The maximum atomic E-state index is 13.2. The number of carbonyl (C=O) groups excluding carboxylic acids is 4. The topological polar surface area (TPSA) is 125 Å². The van der Waals surface area contributed by atoms with E-state index in [0.717, 1.165) is 18.1 Å². The Kier molecular flexibility index (Phi) is 6.86. The molecule has 0 fully saturated rings. The van der Waals surface area contributed by atoms with Crippen LogP contribution in [0.4, 0.5) is 10.5 Å². The van der Waals surface area contributed by atoms with Gasteiger partial charge in [-0.3, -0.25) is 14.4 Å². The summed E-state index contributed by atoms with van der Waals surface area (Å²) in [5.74, 6) is -2.25. The van der Waals surface area contributed by atoms with Gasteiger partial charge in [0.2, 0.25) is 17.5 Å². The quantitative estimate of drug-likeness (QED) is 0.278. The van der Waals surface area contributed by atoms with Crippen molar-refractivity contribution in [3.8, 4) is 0 Å². The minimum absolute atomic E-state index is 0.0312. The smallest absolute Gasteiger partial charge is 0.426 e. The molecule has 0 saturated heterocycles. The van der Waals surface area contributed by atoms with Crippen molar-refractivity contribution in [2.75, 3.05) is 5.73 Å². The first kappa shape index (κ1) is 24.0. The number of carbonyl (C=O) groups is 4. The van der Waals surface area contributed by atoms with Gasteiger partial charge < -0.3 is 20.5 Å². The third-order valence-corrected chi connectivity index (χ3v) is 5.53. The third kappa shape index (κ3) is 4.60. The van der Waals surface area contributed by atoms with Crippen LogP contribution in [0.25, 0.3) is 0 Å². The zero-order chi connectivity index (χ0) is 24.3. The van der Waals surface area contributed by atoms with Gasteiger partial charge >= 0.3 is 11.9 Å². The van der Waals surface area contributed by atoms with Gasteiger partial charge in [0, 0.05) is 18.2 Å². The summed E-state index contributed by atoms with van der Waals surface area (Å²) >= 11 is 0. The van der Waals surface area contributed by atoms with Crippen molar-refractivity contribution in [1.29, 1.82) is 0 Å². The first-order chi connectivity index (χ1) is 15.6. The maximum Gasteiger partial charge on any atom is 0.511 e. The number of nitrogen functional groups attached to an aromatic ring is 1. The molecule has 2 aromatic carbocycles. The molecule has 1 aliphatic carbocycles. The SMILES string of the molecule is CCCC(OC(=O)OC1(NC(C)=O)C(=O)c2cccc(N)c2C1=O)c1cccc(C(C)C)c1. The Morgan fingerprint density at radius 2 is 1.73 bits per heavy atom. The molecule has 0 saturated carbocycles. The fraction of sp³-hybridized carbons (Fsp3) is 0.360. The van der Waals surface area contributed by atoms with Gasteiger partial charge in [-0.1, -0.05) is 63.6 Å². The molecule has 1 aliphatic rings. The van der Waals surface area contributed by atoms with Crippen LogP contribution >= 0.6 is 0 Å². The average Bonchev–Trinajstić information content (AvgIpc) is 2.95. The highest BCUT2D eigenvalue weighted by atomic mass is 16.7. The van der Waals surface area contributed by atoms with E-state index in [-0.39, 0.29) is 22.7 Å². The van der Waals surface area contributed by atoms with Gasteiger partial charge in [-0.05, 0) is 29.5 Å². The highest BCUT2D eigenvalue weighted by Crippen LogP contribution is 2.36. The molecule has 174 valence electrons. The van der Waals surface area contributed by atoms with E-state index in [4.69, 9.17) is 15.2 Å². The zero-order valence-electron chi connectivity index (χ0n) is 19.1. The second-order valence-electron chi connectivity index (χ2n) is 8.36. The standard InChI is InChI=1S/C25H28N2O6/c1-5-8-20(17-10-6-9-16(13-17)14(2)3)32-24(31)33-25(27-15(4)28)22(29)18-11-7-12-19(26)21(18)23(25)30/h6-7,9-14,20H,5,8,26H2,1-4H3,(H,27,28). The number of ketones is 2. The molecule has 2 atom stereocenters. The van der Waals surface area contributed by atoms with E-state index in [9.17, 15) is 19.2 Å². The molecule has 0 heterocycles. The number of anilines is 1. The first-order valence-electron chi connectivity index (χ1n) is 10.9. The van der Waals surface area contributed by atoms with E-state index in [2.05, 4.69) is 19.2 Å². The Hall–Kier alpha value is -3.68. The summed E-state index contributed by atoms with van der Waals surface area (Å²) in [6.45, 7) is 7.17. The second kappa shape index (κ2) is 9.44. The number of hydrogen-bond donors (Lipinski definition) is 2. The van der Waals surface area contributed by atoms with Gasteiger partial charge in [0.05, 0.1) is 5.56 Å². The lowest BCUT2D eigenvalue weighted by molar-refractivity contribution is -0.124. The minimum atomic E-state index is -2.56. The Morgan fingerprint density at radius 1 is 1.06 bits per heavy atom. The molecular formula is C25H28N2O6. The molecule has 2 aromatic rings. The number of fused-ring (bicyclic) bond motifs is 1. The predicted molar refractivity (Wildman–Crippen MR) is 122 cm³/mol. The van der Waals surface area contributed by atoms with Crippen LogP contribution in [0.1, 0.15) is 84.4 Å². The predicted octanol–water partition coefficient (Wildman–Crippen LogP) is 4.30. The molecule has 3 rings (SSSR count). The third-order valence-electron chi connectivity index (χ3n) is 5.53. The highest BCUT2D eigenvalue weighted by Gasteiger charge is 2.59. The van der Waals surface area contributed by atoms with Crippen LogP contribution in [0.3, 0.4) is 0 Å². The Balaban J connectivity index is 1.91. The fourth-order valence-corrected chi connectivity index (χ4v) is 3.90. The summed E-state index contributed by atoms with van der Waals surface area (Å²) in [5.41, 5.74) is 5.09. The Bertz CT molecular complexity index is 1110. The number of rotatable bonds is 7.